The lowest BCUT2D eigenvalue weighted by molar-refractivity contribution is 0.436. The summed E-state index contributed by atoms with van der Waals surface area (Å²) in [7, 11) is 0. The van der Waals surface area contributed by atoms with Gasteiger partial charge in [0.05, 0.1) is 5.41 Å². The number of para-hydroxylation sites is 3. The van der Waals surface area contributed by atoms with Crippen LogP contribution in [0.3, 0.4) is 0 Å². The summed E-state index contributed by atoms with van der Waals surface area (Å²) in [6.45, 7) is 0. The van der Waals surface area contributed by atoms with E-state index >= 15 is 0 Å². The summed E-state index contributed by atoms with van der Waals surface area (Å²) < 4.78 is 13.1. The number of ether oxygens (including phenoxy) is 1. The van der Waals surface area contributed by atoms with Gasteiger partial charge in [0.2, 0.25) is 0 Å². The summed E-state index contributed by atoms with van der Waals surface area (Å²) in [6.07, 6.45) is 0. The Kier molecular flexibility index (Phi) is 8.73. The molecule has 3 heterocycles. The summed E-state index contributed by atoms with van der Waals surface area (Å²) in [4.78, 5) is 16.0. The van der Waals surface area contributed by atoms with Gasteiger partial charge in [0, 0.05) is 38.6 Å². The SMILES string of the molecule is c1ccc(-c2cc(-c3ccccc3)cc(-c3ccc4c(c3)-c3c(-c5nc(-c6ccccc6)nc(-c6ccc7c(c6)oc6ccccc67)n5)cccc3C43c4ccccc4Oc4ccccc43)c2)cc1. The minimum absolute atomic E-state index is 0.563. The second kappa shape index (κ2) is 15.4. The third-order valence-electron chi connectivity index (χ3n) is 14.0. The molecule has 0 saturated carbocycles. The molecule has 0 atom stereocenters. The molecule has 322 valence electrons. The quantitative estimate of drug-likeness (QED) is 0.166. The molecule has 12 aromatic rings. The molecule has 0 saturated heterocycles. The van der Waals surface area contributed by atoms with Gasteiger partial charge in [-0.1, -0.05) is 182 Å². The fourth-order valence-electron chi connectivity index (χ4n) is 10.9. The van der Waals surface area contributed by atoms with Crippen LogP contribution >= 0.6 is 0 Å². The van der Waals surface area contributed by atoms with E-state index in [1.807, 2.05) is 36.4 Å². The maximum atomic E-state index is 6.75. The van der Waals surface area contributed by atoms with Crippen molar-refractivity contribution < 1.29 is 9.15 Å². The first-order valence-electron chi connectivity index (χ1n) is 23.3. The van der Waals surface area contributed by atoms with Gasteiger partial charge in [-0.15, -0.1) is 0 Å². The molecule has 1 aliphatic carbocycles. The summed E-state index contributed by atoms with van der Waals surface area (Å²) in [5, 5.41) is 2.12. The first-order valence-corrected chi connectivity index (χ1v) is 23.3. The van der Waals surface area contributed by atoms with Crippen LogP contribution in [-0.2, 0) is 5.41 Å². The van der Waals surface area contributed by atoms with E-state index < -0.39 is 5.41 Å². The molecule has 0 unspecified atom stereocenters. The van der Waals surface area contributed by atoms with E-state index in [9.17, 15) is 0 Å². The summed E-state index contributed by atoms with van der Waals surface area (Å²) >= 11 is 0. The van der Waals surface area contributed by atoms with Crippen LogP contribution in [0.1, 0.15) is 22.3 Å². The second-order valence-electron chi connectivity index (χ2n) is 17.8. The van der Waals surface area contributed by atoms with Gasteiger partial charge in [-0.3, -0.25) is 0 Å². The zero-order valence-electron chi connectivity index (χ0n) is 37.2. The van der Waals surface area contributed by atoms with Gasteiger partial charge < -0.3 is 9.15 Å². The van der Waals surface area contributed by atoms with Crippen molar-refractivity contribution in [3.05, 3.63) is 259 Å². The minimum Gasteiger partial charge on any atom is -0.457 e. The maximum Gasteiger partial charge on any atom is 0.164 e. The normalized spacial score (nSPS) is 12.9. The van der Waals surface area contributed by atoms with Crippen molar-refractivity contribution in [3.63, 3.8) is 0 Å². The fourth-order valence-corrected chi connectivity index (χ4v) is 10.9. The van der Waals surface area contributed by atoms with Crippen LogP contribution < -0.4 is 4.74 Å². The van der Waals surface area contributed by atoms with Gasteiger partial charge in [0.15, 0.2) is 17.5 Å². The highest BCUT2D eigenvalue weighted by molar-refractivity contribution is 6.06. The van der Waals surface area contributed by atoms with Gasteiger partial charge in [-0.25, -0.2) is 15.0 Å². The lowest BCUT2D eigenvalue weighted by Gasteiger charge is -2.39. The average molecular weight is 882 g/mol. The smallest absolute Gasteiger partial charge is 0.164 e. The van der Waals surface area contributed by atoms with E-state index in [-0.39, 0.29) is 0 Å². The van der Waals surface area contributed by atoms with E-state index in [4.69, 9.17) is 24.1 Å². The van der Waals surface area contributed by atoms with Crippen molar-refractivity contribution in [2.75, 3.05) is 0 Å². The van der Waals surface area contributed by atoms with Crippen molar-refractivity contribution in [3.8, 4) is 90.2 Å². The summed E-state index contributed by atoms with van der Waals surface area (Å²) in [5.41, 5.74) is 17.1. The molecule has 0 radical (unpaired) electrons. The zero-order chi connectivity index (χ0) is 45.5. The maximum absolute atomic E-state index is 6.75. The van der Waals surface area contributed by atoms with Crippen molar-refractivity contribution in [1.82, 2.24) is 15.0 Å². The topological polar surface area (TPSA) is 61.0 Å². The van der Waals surface area contributed by atoms with E-state index in [1.54, 1.807) is 0 Å². The number of benzene rings is 10. The van der Waals surface area contributed by atoms with Gasteiger partial charge in [-0.05, 0) is 110 Å². The third-order valence-corrected chi connectivity index (χ3v) is 14.0. The van der Waals surface area contributed by atoms with Crippen LogP contribution in [0, 0.1) is 0 Å². The zero-order valence-corrected chi connectivity index (χ0v) is 37.2. The Balaban J connectivity index is 1.04. The van der Waals surface area contributed by atoms with Crippen LogP contribution in [0.15, 0.2) is 241 Å². The van der Waals surface area contributed by atoms with Gasteiger partial charge in [-0.2, -0.15) is 0 Å². The summed E-state index contributed by atoms with van der Waals surface area (Å²) in [6, 6.07) is 83.5. The minimum atomic E-state index is -0.712. The monoisotopic (exact) mass is 881 g/mol. The molecule has 2 aromatic heterocycles. The molecule has 5 heteroatoms. The molecule has 1 aliphatic heterocycles. The van der Waals surface area contributed by atoms with Gasteiger partial charge in [0.25, 0.3) is 0 Å². The van der Waals surface area contributed by atoms with E-state index in [0.29, 0.717) is 17.5 Å². The number of furan rings is 1. The Morgan fingerprint density at radius 2 is 0.812 bits per heavy atom. The molecule has 0 amide bonds. The number of rotatable bonds is 6. The predicted molar refractivity (Wildman–Crippen MR) is 277 cm³/mol. The van der Waals surface area contributed by atoms with Crippen LogP contribution in [0.4, 0.5) is 0 Å². The van der Waals surface area contributed by atoms with Crippen LogP contribution in [0.2, 0.25) is 0 Å². The second-order valence-corrected chi connectivity index (χ2v) is 17.8. The molecule has 0 bridgehead atoms. The average Bonchev–Trinajstić information content (AvgIpc) is 3.94. The summed E-state index contributed by atoms with van der Waals surface area (Å²) in [5.74, 6) is 3.41. The van der Waals surface area contributed by atoms with Gasteiger partial charge in [0.1, 0.15) is 22.7 Å². The molecular formula is C64H39N3O2. The highest BCUT2D eigenvalue weighted by atomic mass is 16.5. The Morgan fingerprint density at radius 3 is 1.49 bits per heavy atom. The Morgan fingerprint density at radius 1 is 0.290 bits per heavy atom. The molecule has 69 heavy (non-hydrogen) atoms. The van der Waals surface area contributed by atoms with E-state index in [1.165, 1.54) is 16.7 Å². The molecule has 5 nitrogen and oxygen atoms in total. The standard InChI is InChI=1S/C64H39N3O2/c1-4-17-40(18-5-1)45-35-46(41-19-6-2-7-20-41)37-47(36-45)43-32-34-52-51(38-43)60-50(24-16-27-55(60)64(52)53-25-11-14-29-57(53)69-58-30-15-12-26-54(58)64)63-66-61(42-21-8-3-9-22-42)65-62(67-63)44-31-33-49-48-23-10-13-28-56(48)68-59(49)39-44/h1-39H. The largest absolute Gasteiger partial charge is 0.457 e. The fraction of sp³-hybridized carbons (Fsp3) is 0.0156. The number of hydrogen-bond donors (Lipinski definition) is 0. The Labute approximate surface area is 398 Å². The van der Waals surface area contributed by atoms with E-state index in [2.05, 4.69) is 200 Å². The van der Waals surface area contributed by atoms with Crippen LogP contribution in [0.5, 0.6) is 11.5 Å². The number of hydrogen-bond acceptors (Lipinski definition) is 5. The molecule has 0 fully saturated rings. The van der Waals surface area contributed by atoms with Gasteiger partial charge >= 0.3 is 0 Å². The van der Waals surface area contributed by atoms with Crippen LogP contribution in [-0.4, -0.2) is 15.0 Å². The molecule has 14 rings (SSSR count). The predicted octanol–water partition coefficient (Wildman–Crippen LogP) is 16.2. The number of nitrogens with zero attached hydrogens (tertiary/aromatic N) is 3. The Hall–Kier alpha value is -9.19. The first kappa shape index (κ1) is 39.0. The van der Waals surface area contributed by atoms with Crippen LogP contribution in [0.25, 0.3) is 101 Å². The van der Waals surface area contributed by atoms with Crippen molar-refractivity contribution >= 4 is 21.9 Å². The number of aromatic nitrogens is 3. The molecule has 0 N–H and O–H groups in total. The number of fused-ring (bicyclic) bond motifs is 12. The van der Waals surface area contributed by atoms with Crippen molar-refractivity contribution in [1.29, 1.82) is 0 Å². The molecule has 1 spiro atoms. The van der Waals surface area contributed by atoms with Crippen molar-refractivity contribution in [2.24, 2.45) is 0 Å². The molecule has 10 aromatic carbocycles. The Bertz CT molecular complexity index is 3890. The lowest BCUT2D eigenvalue weighted by atomic mass is 9.66. The lowest BCUT2D eigenvalue weighted by Crippen LogP contribution is -2.32. The highest BCUT2D eigenvalue weighted by Crippen LogP contribution is 2.63. The highest BCUT2D eigenvalue weighted by Gasteiger charge is 2.52. The van der Waals surface area contributed by atoms with E-state index in [0.717, 1.165) is 100 Å². The molecule has 2 aliphatic rings. The third kappa shape index (κ3) is 6.14. The van der Waals surface area contributed by atoms with Crippen molar-refractivity contribution in [2.45, 2.75) is 5.41 Å². The first-order chi connectivity index (χ1) is 34.2. The molecular weight excluding hydrogens is 843 g/mol.